The van der Waals surface area contributed by atoms with Crippen LogP contribution in [0.2, 0.25) is 0 Å². The lowest BCUT2D eigenvalue weighted by Gasteiger charge is -1.61. The molecule has 0 aromatic carbocycles. The minimum Gasteiger partial charge on any atom is -0.362 e. The summed E-state index contributed by atoms with van der Waals surface area (Å²) < 4.78 is 4.22. The minimum absolute atomic E-state index is 0.0509. The monoisotopic (exact) mass is 82.0 g/mol. The van der Waals surface area contributed by atoms with Crippen molar-refractivity contribution in [2.75, 3.05) is 0 Å². The van der Waals surface area contributed by atoms with Crippen LogP contribution in [-0.2, 0) is 0 Å². The third kappa shape index (κ3) is 0.337. The Morgan fingerprint density at radius 3 is 3.00 bits per heavy atom. The predicted molar refractivity (Wildman–Crippen MR) is 18.1 cm³/mol. The van der Waals surface area contributed by atoms with E-state index in [0.29, 0.717) is 0 Å². The van der Waals surface area contributed by atoms with Gasteiger partial charge in [0.1, 0.15) is 6.26 Å². The Morgan fingerprint density at radius 2 is 2.83 bits per heavy atom. The van der Waals surface area contributed by atoms with Gasteiger partial charge in [0.25, 0.3) is 0 Å². The smallest absolute Gasteiger partial charge is 0.196 e. The largest absolute Gasteiger partial charge is 0.362 e. The van der Waals surface area contributed by atoms with Crippen molar-refractivity contribution >= 4 is 5.82 Å². The predicted octanol–water partition coefficient (Wildman–Crippen LogP) is 0.389. The Labute approximate surface area is 34.7 Å². The molecule has 1 aromatic rings. The summed E-state index contributed by atoms with van der Waals surface area (Å²) in [5.74, 6) is 0.0509. The van der Waals surface area contributed by atoms with E-state index in [1.54, 1.807) is 0 Å². The van der Waals surface area contributed by atoms with Gasteiger partial charge in [-0.05, 0) is 0 Å². The van der Waals surface area contributed by atoms with Gasteiger partial charge in [0.15, 0.2) is 5.82 Å². The Kier molecular flexibility index (Phi) is 0.538. The molecule has 1 aromatic heterocycles. The van der Waals surface area contributed by atoms with Gasteiger partial charge in [-0.25, -0.2) is 0 Å². The first-order valence-electron chi connectivity index (χ1n) is 1.43. The van der Waals surface area contributed by atoms with Crippen molar-refractivity contribution in [2.45, 2.75) is 0 Å². The Morgan fingerprint density at radius 1 is 2.00 bits per heavy atom. The molecule has 3 heteroatoms. The second-order valence-electron chi connectivity index (χ2n) is 0.807. The Hall–Kier alpha value is -0.990. The number of nitrogens with zero attached hydrogens (tertiary/aromatic N) is 1. The van der Waals surface area contributed by atoms with E-state index < -0.39 is 0 Å². The minimum atomic E-state index is 0.0509. The van der Waals surface area contributed by atoms with E-state index in [-0.39, 0.29) is 5.82 Å². The fraction of sp³-hybridized carbons (Fsp3) is 0. The van der Waals surface area contributed by atoms with Crippen molar-refractivity contribution in [3.8, 4) is 0 Å². The number of hydrogen-bond acceptors (Lipinski definition) is 2. The Balaban J connectivity index is 3.05. The maximum absolute atomic E-state index is 6.61. The fourth-order valence-electron chi connectivity index (χ4n) is 0.188. The standard InChI is InChI=1S/C3H2N2O/c4-3-1-2-6-5-3/h2,4H. The van der Waals surface area contributed by atoms with Crippen LogP contribution in [0.4, 0.5) is 5.82 Å². The van der Waals surface area contributed by atoms with Crippen molar-refractivity contribution in [1.82, 2.24) is 10.9 Å². The molecule has 0 unspecified atom stereocenters. The van der Waals surface area contributed by atoms with Crippen LogP contribution in [0.25, 0.3) is 0 Å². The first-order valence-corrected chi connectivity index (χ1v) is 1.43. The van der Waals surface area contributed by atoms with Crippen LogP contribution in [0.1, 0.15) is 0 Å². The molecule has 1 N–H and O–H groups in total. The first-order chi connectivity index (χ1) is 2.89. The molecule has 0 aliphatic carbocycles. The van der Waals surface area contributed by atoms with Gasteiger partial charge in [-0.1, -0.05) is 5.16 Å². The summed E-state index contributed by atoms with van der Waals surface area (Å²) in [4.78, 5) is 0. The molecule has 30 valence electrons. The summed E-state index contributed by atoms with van der Waals surface area (Å²) in [5.41, 5.74) is 6.61. The molecule has 0 aliphatic rings. The van der Waals surface area contributed by atoms with Crippen LogP contribution < -0.4 is 5.73 Å². The molecule has 0 bridgehead atoms. The molecule has 1 rings (SSSR count). The van der Waals surface area contributed by atoms with Crippen molar-refractivity contribution in [3.63, 3.8) is 0 Å². The van der Waals surface area contributed by atoms with Gasteiger partial charge in [0, 0.05) is 0 Å². The van der Waals surface area contributed by atoms with Crippen molar-refractivity contribution in [1.29, 1.82) is 0 Å². The van der Waals surface area contributed by atoms with Crippen LogP contribution in [0.5, 0.6) is 0 Å². The number of aromatic nitrogens is 1. The van der Waals surface area contributed by atoms with Crippen molar-refractivity contribution in [2.24, 2.45) is 0 Å². The lowest BCUT2D eigenvalue weighted by Crippen LogP contribution is -1.59. The van der Waals surface area contributed by atoms with E-state index in [2.05, 4.69) is 15.7 Å². The topological polar surface area (TPSA) is 49.8 Å². The lowest BCUT2D eigenvalue weighted by atomic mass is 10.7. The van der Waals surface area contributed by atoms with Gasteiger partial charge in [0.2, 0.25) is 0 Å². The van der Waals surface area contributed by atoms with Crippen LogP contribution in [0.15, 0.2) is 10.8 Å². The molecular weight excluding hydrogens is 80.0 g/mol. The molecule has 0 atom stereocenters. The van der Waals surface area contributed by atoms with Gasteiger partial charge >= 0.3 is 0 Å². The number of hydrogen-bond donors (Lipinski definition) is 0. The molecular formula is C3H2N2O. The van der Waals surface area contributed by atoms with Crippen LogP contribution >= 0.6 is 0 Å². The molecule has 3 nitrogen and oxygen atoms in total. The molecule has 2 radical (unpaired) electrons. The van der Waals surface area contributed by atoms with E-state index in [4.69, 9.17) is 5.73 Å². The number of rotatable bonds is 0. The van der Waals surface area contributed by atoms with Crippen molar-refractivity contribution in [3.05, 3.63) is 12.3 Å². The first kappa shape index (κ1) is 3.21. The van der Waals surface area contributed by atoms with Gasteiger partial charge in [-0.3, -0.25) is 5.73 Å². The molecule has 0 amide bonds. The summed E-state index contributed by atoms with van der Waals surface area (Å²) in [7, 11) is 0. The quantitative estimate of drug-likeness (QED) is 0.454. The Bertz CT molecular complexity index is 112. The highest BCUT2D eigenvalue weighted by Crippen LogP contribution is 1.91. The third-order valence-corrected chi connectivity index (χ3v) is 0.392. The average molecular weight is 82.1 g/mol. The van der Waals surface area contributed by atoms with E-state index in [1.165, 1.54) is 6.26 Å². The van der Waals surface area contributed by atoms with E-state index >= 15 is 0 Å². The molecule has 0 fully saturated rings. The maximum Gasteiger partial charge on any atom is 0.196 e. The van der Waals surface area contributed by atoms with Crippen LogP contribution in [0.3, 0.4) is 0 Å². The second kappa shape index (κ2) is 1.01. The van der Waals surface area contributed by atoms with Gasteiger partial charge < -0.3 is 4.52 Å². The molecule has 1 heterocycles. The van der Waals surface area contributed by atoms with Gasteiger partial charge in [-0.2, -0.15) is 0 Å². The summed E-state index contributed by atoms with van der Waals surface area (Å²) in [6, 6.07) is 2.39. The zero-order chi connectivity index (χ0) is 4.41. The van der Waals surface area contributed by atoms with E-state index in [9.17, 15) is 0 Å². The summed E-state index contributed by atoms with van der Waals surface area (Å²) in [5, 5.41) is 3.15. The highest BCUT2D eigenvalue weighted by atomic mass is 16.5. The summed E-state index contributed by atoms with van der Waals surface area (Å²) in [6.45, 7) is 0. The van der Waals surface area contributed by atoms with Crippen molar-refractivity contribution < 1.29 is 4.52 Å². The molecule has 0 aliphatic heterocycles. The number of nitrogens with one attached hydrogen (secondary N) is 1. The molecule has 0 spiro atoms. The highest BCUT2D eigenvalue weighted by molar-refractivity contribution is 5.13. The second-order valence-corrected chi connectivity index (χ2v) is 0.807. The zero-order valence-corrected chi connectivity index (χ0v) is 2.93. The van der Waals surface area contributed by atoms with Gasteiger partial charge in [0.05, 0.1) is 6.07 Å². The summed E-state index contributed by atoms with van der Waals surface area (Å²) in [6.07, 6.45) is 1.24. The maximum atomic E-state index is 6.61. The zero-order valence-electron chi connectivity index (χ0n) is 2.93. The lowest BCUT2D eigenvalue weighted by molar-refractivity contribution is 0.421. The SMILES string of the molecule is [NH]c1[c]con1. The van der Waals surface area contributed by atoms with Crippen LogP contribution in [0, 0.1) is 6.07 Å². The molecule has 0 saturated heterocycles. The highest BCUT2D eigenvalue weighted by Gasteiger charge is 1.81. The van der Waals surface area contributed by atoms with Gasteiger partial charge in [-0.15, -0.1) is 0 Å². The fourth-order valence-corrected chi connectivity index (χ4v) is 0.188. The summed E-state index contributed by atoms with van der Waals surface area (Å²) >= 11 is 0. The average Bonchev–Trinajstić information content (AvgIpc) is 1.86. The normalized spacial score (nSPS) is 8.67. The molecule has 6 heavy (non-hydrogen) atoms. The van der Waals surface area contributed by atoms with E-state index in [1.807, 2.05) is 0 Å². The van der Waals surface area contributed by atoms with E-state index in [0.717, 1.165) is 0 Å². The molecule has 0 saturated carbocycles. The third-order valence-electron chi connectivity index (χ3n) is 0.392. The van der Waals surface area contributed by atoms with Crippen LogP contribution in [-0.4, -0.2) is 5.16 Å².